The van der Waals surface area contributed by atoms with Crippen LogP contribution in [-0.4, -0.2) is 77.0 Å². The number of aliphatic carboxylic acids is 1. The highest BCUT2D eigenvalue weighted by molar-refractivity contribution is 6.74. The number of carboxylic acid groups (broad SMARTS) is 1. The van der Waals surface area contributed by atoms with Gasteiger partial charge in [-0.25, -0.2) is 0 Å². The van der Waals surface area contributed by atoms with Crippen molar-refractivity contribution in [2.75, 3.05) is 26.2 Å². The normalized spacial score (nSPS) is 14.2. The fraction of sp³-hybridized carbons (Fsp3) is 0.768. The number of carbonyl (C=O) groups is 1. The van der Waals surface area contributed by atoms with Crippen molar-refractivity contribution in [3.8, 4) is 5.75 Å². The summed E-state index contributed by atoms with van der Waals surface area (Å²) in [5.41, 5.74) is 2.25. The van der Waals surface area contributed by atoms with Gasteiger partial charge in [0.25, 0.3) is 0 Å². The fourth-order valence-electron chi connectivity index (χ4n) is 8.10. The average Bonchev–Trinajstić information content (AvgIpc) is 3.23. The van der Waals surface area contributed by atoms with Crippen molar-refractivity contribution in [3.63, 3.8) is 0 Å². The highest BCUT2D eigenvalue weighted by Gasteiger charge is 2.41. The monoisotopic (exact) mass is 939 g/mol. The summed E-state index contributed by atoms with van der Waals surface area (Å²) in [7, 11) is -4.06. The van der Waals surface area contributed by atoms with Gasteiger partial charge in [-0.1, -0.05) is 201 Å². The molecule has 7 nitrogen and oxygen atoms in total. The van der Waals surface area contributed by atoms with Crippen molar-refractivity contribution < 1.29 is 23.5 Å². The van der Waals surface area contributed by atoms with E-state index in [1.165, 1.54) is 103 Å². The van der Waals surface area contributed by atoms with E-state index in [4.69, 9.17) is 13.6 Å². The predicted molar refractivity (Wildman–Crippen MR) is 285 cm³/mol. The third-order valence-electron chi connectivity index (χ3n) is 14.5. The molecule has 0 saturated carbocycles. The topological polar surface area (TPSA) is 80.3 Å². The highest BCUT2D eigenvalue weighted by Crippen LogP contribution is 2.39. The molecule has 3 atom stereocenters. The zero-order valence-corrected chi connectivity index (χ0v) is 46.3. The molecule has 2 N–H and O–H groups in total. The van der Waals surface area contributed by atoms with Crippen molar-refractivity contribution in [1.82, 2.24) is 10.2 Å². The number of carboxylic acids is 1. The molecular formula is C56H102N2O5Si2. The maximum atomic E-state index is 12.5. The molecule has 2 aromatic carbocycles. The molecule has 2 aromatic rings. The van der Waals surface area contributed by atoms with Crippen LogP contribution in [0.25, 0.3) is 0 Å². The number of hydrogen-bond donors (Lipinski definition) is 2. The molecule has 2 rings (SSSR count). The van der Waals surface area contributed by atoms with Crippen LogP contribution in [0.2, 0.25) is 36.3 Å². The Bertz CT molecular complexity index is 1440. The largest absolute Gasteiger partial charge is 0.489 e. The van der Waals surface area contributed by atoms with Gasteiger partial charge in [-0.05, 0) is 105 Å². The molecule has 65 heavy (non-hydrogen) atoms. The Labute approximate surface area is 403 Å². The number of hydrogen-bond acceptors (Lipinski definition) is 6. The number of rotatable bonds is 38. The van der Waals surface area contributed by atoms with E-state index in [2.05, 4.69) is 116 Å². The van der Waals surface area contributed by atoms with Gasteiger partial charge in [0.1, 0.15) is 18.4 Å². The van der Waals surface area contributed by atoms with Gasteiger partial charge in [-0.15, -0.1) is 0 Å². The van der Waals surface area contributed by atoms with Crippen molar-refractivity contribution >= 4 is 22.6 Å². The minimum atomic E-state index is -2.03. The molecule has 0 unspecified atom stereocenters. The molecular weight excluding hydrogens is 837 g/mol. The van der Waals surface area contributed by atoms with Gasteiger partial charge >= 0.3 is 5.97 Å². The standard InChI is InChI=1S/C56H102N2O5Si2/c1-13-15-17-19-21-23-25-30-35-51(62-64(9,10)55(3,4)5)45-58(46-52(63-65(11,12)56(6,7)8)36-31-26-24-22-20-18-16-14-2)44-32-43-57-53(54(59)60)42-39-48-37-40-50(41-38-48)61-47-49-33-28-27-29-34-49/h27-29,33-34,37-38,40-41,51-53,57H,13-26,30-32,35-36,39,42-47H2,1-12H3,(H,59,60)/t51-,52-,53-/m0/s1. The van der Waals surface area contributed by atoms with E-state index in [0.717, 1.165) is 55.8 Å². The van der Waals surface area contributed by atoms with Gasteiger partial charge in [0.15, 0.2) is 16.6 Å². The van der Waals surface area contributed by atoms with Crippen LogP contribution in [0.5, 0.6) is 5.75 Å². The minimum absolute atomic E-state index is 0.133. The maximum absolute atomic E-state index is 12.5. The zero-order chi connectivity index (χ0) is 48.2. The fourth-order valence-corrected chi connectivity index (χ4v) is 10.9. The Morgan fingerprint density at radius 3 is 1.48 bits per heavy atom. The Balaban J connectivity index is 2.22. The summed E-state index contributed by atoms with van der Waals surface area (Å²) in [6.45, 7) is 32.2. The summed E-state index contributed by atoms with van der Waals surface area (Å²) in [5, 5.41) is 14.0. The molecule has 0 spiro atoms. The van der Waals surface area contributed by atoms with E-state index in [1.807, 2.05) is 30.3 Å². The molecule has 0 aliphatic rings. The Kier molecular flexibility index (Phi) is 29.0. The first kappa shape index (κ1) is 59.1. The van der Waals surface area contributed by atoms with E-state index in [0.29, 0.717) is 26.0 Å². The lowest BCUT2D eigenvalue weighted by molar-refractivity contribution is -0.139. The molecule has 374 valence electrons. The summed E-state index contributed by atoms with van der Waals surface area (Å²) in [6, 6.07) is 17.7. The molecule has 0 aliphatic heterocycles. The molecule has 0 aromatic heterocycles. The number of nitrogens with one attached hydrogen (secondary N) is 1. The summed E-state index contributed by atoms with van der Waals surface area (Å²) >= 11 is 0. The van der Waals surface area contributed by atoms with Gasteiger partial charge in [0, 0.05) is 13.1 Å². The van der Waals surface area contributed by atoms with Crippen LogP contribution in [0.15, 0.2) is 54.6 Å². The van der Waals surface area contributed by atoms with Crippen molar-refractivity contribution in [1.29, 1.82) is 0 Å². The van der Waals surface area contributed by atoms with Gasteiger partial charge in [-0.3, -0.25) is 9.69 Å². The highest BCUT2D eigenvalue weighted by atomic mass is 28.4. The average molecular weight is 940 g/mol. The summed E-state index contributed by atoms with van der Waals surface area (Å²) in [5.74, 6) is 0.0330. The number of ether oxygens (including phenoxy) is 1. The van der Waals surface area contributed by atoms with E-state index in [9.17, 15) is 9.90 Å². The molecule has 0 amide bonds. The second kappa shape index (κ2) is 31.9. The van der Waals surface area contributed by atoms with Crippen molar-refractivity contribution in [3.05, 3.63) is 65.7 Å². The third kappa shape index (κ3) is 25.8. The SMILES string of the molecule is CCCCCCCCCC[C@@H](CN(CCCN[C@@H](CCc1ccc(OCc2ccccc2)cc1)C(=O)O)C[C@H](CCCCCCCCCC)O[Si](C)(C)C(C)(C)C)O[Si](C)(C)C(C)(C)C. The quantitative estimate of drug-likeness (QED) is 0.0513. The number of nitrogens with zero attached hydrogens (tertiary/aromatic N) is 1. The van der Waals surface area contributed by atoms with E-state index in [1.54, 1.807) is 0 Å². The lowest BCUT2D eigenvalue weighted by atomic mass is 10.0. The molecule has 9 heteroatoms. The molecule has 0 aliphatic carbocycles. The maximum Gasteiger partial charge on any atom is 0.320 e. The first-order valence-corrected chi connectivity index (χ1v) is 32.4. The smallest absolute Gasteiger partial charge is 0.320 e. The van der Waals surface area contributed by atoms with E-state index < -0.39 is 28.6 Å². The lowest BCUT2D eigenvalue weighted by Crippen LogP contribution is -2.50. The summed E-state index contributed by atoms with van der Waals surface area (Å²) < 4.78 is 20.7. The molecule has 0 fully saturated rings. The summed E-state index contributed by atoms with van der Waals surface area (Å²) in [4.78, 5) is 15.2. The Morgan fingerprint density at radius 2 is 1.05 bits per heavy atom. The van der Waals surface area contributed by atoms with Crippen LogP contribution in [0, 0.1) is 0 Å². The second-order valence-electron chi connectivity index (χ2n) is 22.4. The molecule has 0 heterocycles. The van der Waals surface area contributed by atoms with Crippen LogP contribution in [0.4, 0.5) is 0 Å². The number of unbranched alkanes of at least 4 members (excludes halogenated alkanes) is 14. The first-order valence-electron chi connectivity index (χ1n) is 26.6. The predicted octanol–water partition coefficient (Wildman–Crippen LogP) is 15.8. The molecule has 0 saturated heterocycles. The number of aryl methyl sites for hydroxylation is 1. The third-order valence-corrected chi connectivity index (χ3v) is 23.5. The van der Waals surface area contributed by atoms with Gasteiger partial charge in [0.05, 0.1) is 12.2 Å². The van der Waals surface area contributed by atoms with Crippen LogP contribution in [0.3, 0.4) is 0 Å². The van der Waals surface area contributed by atoms with Crippen molar-refractivity contribution in [2.24, 2.45) is 0 Å². The van der Waals surface area contributed by atoms with Gasteiger partial charge in [-0.2, -0.15) is 0 Å². The van der Waals surface area contributed by atoms with E-state index >= 15 is 0 Å². The van der Waals surface area contributed by atoms with E-state index in [-0.39, 0.29) is 22.3 Å². The first-order chi connectivity index (χ1) is 30.8. The van der Waals surface area contributed by atoms with Crippen LogP contribution < -0.4 is 10.1 Å². The Morgan fingerprint density at radius 1 is 0.600 bits per heavy atom. The second-order valence-corrected chi connectivity index (χ2v) is 32.0. The number of benzene rings is 2. The van der Waals surface area contributed by atoms with Gasteiger partial charge in [0.2, 0.25) is 0 Å². The van der Waals surface area contributed by atoms with Crippen LogP contribution >= 0.6 is 0 Å². The zero-order valence-electron chi connectivity index (χ0n) is 44.3. The van der Waals surface area contributed by atoms with Gasteiger partial charge < -0.3 is 24.0 Å². The summed E-state index contributed by atoms with van der Waals surface area (Å²) in [6.07, 6.45) is 25.6. The van der Waals surface area contributed by atoms with Crippen LogP contribution in [-0.2, 0) is 26.7 Å². The lowest BCUT2D eigenvalue weighted by Gasteiger charge is -2.42. The Hall–Kier alpha value is -2.02. The molecule has 0 bridgehead atoms. The van der Waals surface area contributed by atoms with Crippen LogP contribution in [0.1, 0.15) is 195 Å². The minimum Gasteiger partial charge on any atom is -0.489 e. The van der Waals surface area contributed by atoms with Crippen molar-refractivity contribution in [2.45, 2.75) is 251 Å². The molecule has 0 radical (unpaired) electrons.